The third kappa shape index (κ3) is 2.33. The Balaban J connectivity index is 1.86. The lowest BCUT2D eigenvalue weighted by molar-refractivity contribution is -0.122. The van der Waals surface area contributed by atoms with E-state index in [1.54, 1.807) is 0 Å². The summed E-state index contributed by atoms with van der Waals surface area (Å²) < 4.78 is 0. The normalized spacial score (nSPS) is 28.1. The van der Waals surface area contributed by atoms with E-state index in [2.05, 4.69) is 18.3 Å². The smallest absolute Gasteiger partial charge is 0.223 e. The molecule has 2 rings (SSSR count). The molecule has 1 saturated carbocycles. The molecule has 72 valence electrons. The zero-order valence-corrected chi connectivity index (χ0v) is 8.18. The Kier molecular flexibility index (Phi) is 2.38. The Morgan fingerprint density at radius 1 is 1.46 bits per heavy atom. The standard InChI is InChI=1S/C11H17NO/c1-8-3-2-4-10(7-8)12-11(13)9-5-6-9/h7,9-10H,2-6H2,1H3,(H,12,13). The van der Waals surface area contributed by atoms with E-state index in [0.29, 0.717) is 12.0 Å². The lowest BCUT2D eigenvalue weighted by Crippen LogP contribution is -2.35. The molecule has 1 amide bonds. The van der Waals surface area contributed by atoms with Crippen molar-refractivity contribution < 1.29 is 4.79 Å². The zero-order valence-electron chi connectivity index (χ0n) is 8.18. The summed E-state index contributed by atoms with van der Waals surface area (Å²) >= 11 is 0. The van der Waals surface area contributed by atoms with Crippen LogP contribution in [0, 0.1) is 5.92 Å². The first-order chi connectivity index (χ1) is 6.25. The Morgan fingerprint density at radius 2 is 2.23 bits per heavy atom. The van der Waals surface area contributed by atoms with Crippen LogP contribution in [0.1, 0.15) is 39.0 Å². The second-order valence-electron chi connectivity index (χ2n) is 4.29. The van der Waals surface area contributed by atoms with Gasteiger partial charge >= 0.3 is 0 Å². The van der Waals surface area contributed by atoms with Gasteiger partial charge < -0.3 is 5.32 Å². The average Bonchev–Trinajstić information content (AvgIpc) is 2.85. The number of amides is 1. The van der Waals surface area contributed by atoms with Gasteiger partial charge in [0.1, 0.15) is 0 Å². The van der Waals surface area contributed by atoms with Crippen LogP contribution >= 0.6 is 0 Å². The van der Waals surface area contributed by atoms with Crippen LogP contribution in [-0.4, -0.2) is 11.9 Å². The minimum absolute atomic E-state index is 0.274. The fourth-order valence-corrected chi connectivity index (χ4v) is 1.87. The molecule has 1 unspecified atom stereocenters. The highest BCUT2D eigenvalue weighted by Crippen LogP contribution is 2.29. The summed E-state index contributed by atoms with van der Waals surface area (Å²) in [6.45, 7) is 2.15. The fourth-order valence-electron chi connectivity index (χ4n) is 1.87. The highest BCUT2D eigenvalue weighted by Gasteiger charge is 2.30. The van der Waals surface area contributed by atoms with E-state index >= 15 is 0 Å². The summed E-state index contributed by atoms with van der Waals surface area (Å²) in [7, 11) is 0. The molecule has 0 aromatic rings. The molecule has 2 heteroatoms. The van der Waals surface area contributed by atoms with Crippen LogP contribution in [-0.2, 0) is 4.79 Å². The van der Waals surface area contributed by atoms with Crippen LogP contribution in [0.4, 0.5) is 0 Å². The summed E-state index contributed by atoms with van der Waals surface area (Å²) in [5, 5.41) is 3.10. The first-order valence-electron chi connectivity index (χ1n) is 5.23. The van der Waals surface area contributed by atoms with Crippen LogP contribution in [0.3, 0.4) is 0 Å². The van der Waals surface area contributed by atoms with E-state index in [4.69, 9.17) is 0 Å². The van der Waals surface area contributed by atoms with Crippen LogP contribution in [0.2, 0.25) is 0 Å². The first kappa shape index (κ1) is 8.79. The van der Waals surface area contributed by atoms with E-state index in [1.165, 1.54) is 18.4 Å². The summed E-state index contributed by atoms with van der Waals surface area (Å²) in [5.74, 6) is 0.617. The largest absolute Gasteiger partial charge is 0.350 e. The van der Waals surface area contributed by atoms with Gasteiger partial charge in [0.2, 0.25) is 5.91 Å². The molecule has 0 bridgehead atoms. The molecule has 0 heterocycles. The quantitative estimate of drug-likeness (QED) is 0.645. The Labute approximate surface area is 79.4 Å². The number of nitrogens with one attached hydrogen (secondary N) is 1. The molecule has 2 aliphatic carbocycles. The Hall–Kier alpha value is -0.790. The molecule has 0 aromatic carbocycles. The molecule has 0 spiro atoms. The Bertz CT molecular complexity index is 240. The third-order valence-corrected chi connectivity index (χ3v) is 2.85. The van der Waals surface area contributed by atoms with Gasteiger partial charge in [-0.3, -0.25) is 4.79 Å². The predicted molar refractivity (Wildman–Crippen MR) is 52.3 cm³/mol. The number of carbonyl (C=O) groups excluding carboxylic acids is 1. The van der Waals surface area contributed by atoms with Crippen molar-refractivity contribution in [3.63, 3.8) is 0 Å². The first-order valence-corrected chi connectivity index (χ1v) is 5.23. The van der Waals surface area contributed by atoms with Crippen molar-refractivity contribution in [1.82, 2.24) is 5.32 Å². The van der Waals surface area contributed by atoms with Gasteiger partial charge in [-0.25, -0.2) is 0 Å². The van der Waals surface area contributed by atoms with Gasteiger partial charge in [-0.15, -0.1) is 0 Å². The summed E-state index contributed by atoms with van der Waals surface area (Å²) in [6.07, 6.45) is 7.95. The summed E-state index contributed by atoms with van der Waals surface area (Å²) in [6, 6.07) is 0.321. The summed E-state index contributed by atoms with van der Waals surface area (Å²) in [5.41, 5.74) is 1.42. The molecule has 0 aromatic heterocycles. The maximum absolute atomic E-state index is 11.4. The molecule has 2 nitrogen and oxygen atoms in total. The molecular formula is C11H17NO. The van der Waals surface area contributed by atoms with E-state index in [-0.39, 0.29) is 5.91 Å². The number of hydrogen-bond donors (Lipinski definition) is 1. The van der Waals surface area contributed by atoms with Crippen molar-refractivity contribution in [3.05, 3.63) is 11.6 Å². The zero-order chi connectivity index (χ0) is 9.26. The van der Waals surface area contributed by atoms with Gasteiger partial charge in [-0.1, -0.05) is 11.6 Å². The van der Waals surface area contributed by atoms with E-state index in [9.17, 15) is 4.79 Å². The molecule has 1 atom stereocenters. The second-order valence-corrected chi connectivity index (χ2v) is 4.29. The second kappa shape index (κ2) is 3.52. The third-order valence-electron chi connectivity index (χ3n) is 2.85. The monoisotopic (exact) mass is 179 g/mol. The van der Waals surface area contributed by atoms with Gasteiger partial charge in [0.15, 0.2) is 0 Å². The minimum atomic E-state index is 0.274. The molecule has 0 saturated heterocycles. The highest BCUT2D eigenvalue weighted by atomic mass is 16.2. The van der Waals surface area contributed by atoms with Crippen LogP contribution in [0.5, 0.6) is 0 Å². The predicted octanol–water partition coefficient (Wildman–Crippen LogP) is 2.01. The molecule has 2 aliphatic rings. The van der Waals surface area contributed by atoms with Gasteiger partial charge in [-0.05, 0) is 39.0 Å². The molecular weight excluding hydrogens is 162 g/mol. The van der Waals surface area contributed by atoms with Crippen LogP contribution < -0.4 is 5.32 Å². The molecule has 0 radical (unpaired) electrons. The fraction of sp³-hybridized carbons (Fsp3) is 0.727. The maximum atomic E-state index is 11.4. The summed E-state index contributed by atoms with van der Waals surface area (Å²) in [4.78, 5) is 11.4. The van der Waals surface area contributed by atoms with Crippen molar-refractivity contribution in [2.24, 2.45) is 5.92 Å². The van der Waals surface area contributed by atoms with Gasteiger partial charge in [-0.2, -0.15) is 0 Å². The van der Waals surface area contributed by atoms with Crippen molar-refractivity contribution in [1.29, 1.82) is 0 Å². The number of allylic oxidation sites excluding steroid dienone is 1. The van der Waals surface area contributed by atoms with E-state index < -0.39 is 0 Å². The van der Waals surface area contributed by atoms with Gasteiger partial charge in [0.05, 0.1) is 0 Å². The SMILES string of the molecule is CC1=CC(NC(=O)C2CC2)CCC1. The molecule has 13 heavy (non-hydrogen) atoms. The van der Waals surface area contributed by atoms with Crippen molar-refractivity contribution >= 4 is 5.91 Å². The van der Waals surface area contributed by atoms with Crippen molar-refractivity contribution in [2.75, 3.05) is 0 Å². The van der Waals surface area contributed by atoms with Crippen molar-refractivity contribution in [3.8, 4) is 0 Å². The Morgan fingerprint density at radius 3 is 2.85 bits per heavy atom. The minimum Gasteiger partial charge on any atom is -0.350 e. The average molecular weight is 179 g/mol. The number of hydrogen-bond acceptors (Lipinski definition) is 1. The van der Waals surface area contributed by atoms with Gasteiger partial charge in [0.25, 0.3) is 0 Å². The number of rotatable bonds is 2. The van der Waals surface area contributed by atoms with E-state index in [0.717, 1.165) is 19.3 Å². The van der Waals surface area contributed by atoms with E-state index in [1.807, 2.05) is 0 Å². The molecule has 1 fully saturated rings. The van der Waals surface area contributed by atoms with Crippen molar-refractivity contribution in [2.45, 2.75) is 45.1 Å². The van der Waals surface area contributed by atoms with Gasteiger partial charge in [0, 0.05) is 12.0 Å². The lowest BCUT2D eigenvalue weighted by Gasteiger charge is -2.20. The lowest BCUT2D eigenvalue weighted by atomic mass is 9.97. The highest BCUT2D eigenvalue weighted by molar-refractivity contribution is 5.81. The molecule has 0 aliphatic heterocycles. The number of carbonyl (C=O) groups is 1. The topological polar surface area (TPSA) is 29.1 Å². The van der Waals surface area contributed by atoms with Crippen LogP contribution in [0.15, 0.2) is 11.6 Å². The maximum Gasteiger partial charge on any atom is 0.223 e. The van der Waals surface area contributed by atoms with Crippen LogP contribution in [0.25, 0.3) is 0 Å². The molecule has 1 N–H and O–H groups in total.